The van der Waals surface area contributed by atoms with Crippen molar-refractivity contribution in [3.05, 3.63) is 52.3 Å². The normalized spacial score (nSPS) is 16.2. The zero-order chi connectivity index (χ0) is 12.4. The van der Waals surface area contributed by atoms with E-state index in [1.54, 1.807) is 0 Å². The Hall–Kier alpha value is -1.35. The molecule has 0 spiro atoms. The average molecular weight is 258 g/mol. The van der Waals surface area contributed by atoms with Crippen LogP contribution in [-0.2, 0) is 6.54 Å². The summed E-state index contributed by atoms with van der Waals surface area (Å²) >= 11 is 5.44. The Labute approximate surface area is 113 Å². The van der Waals surface area contributed by atoms with Gasteiger partial charge >= 0.3 is 0 Å². The number of aromatic nitrogens is 2. The van der Waals surface area contributed by atoms with E-state index in [1.807, 2.05) is 6.07 Å². The monoisotopic (exact) mass is 258 g/mol. The first-order valence-corrected chi connectivity index (χ1v) is 7.07. The van der Waals surface area contributed by atoms with Gasteiger partial charge in [-0.15, -0.1) is 0 Å². The molecule has 3 heteroatoms. The highest BCUT2D eigenvalue weighted by atomic mass is 32.1. The number of aromatic amines is 1. The molecule has 1 fully saturated rings. The van der Waals surface area contributed by atoms with Crippen LogP contribution < -0.4 is 0 Å². The highest BCUT2D eigenvalue weighted by Gasteiger charge is 2.18. The summed E-state index contributed by atoms with van der Waals surface area (Å²) in [5, 5.41) is 3.48. The van der Waals surface area contributed by atoms with Gasteiger partial charge in [-0.3, -0.25) is 4.68 Å². The van der Waals surface area contributed by atoms with Gasteiger partial charge in [0, 0.05) is 11.6 Å². The van der Waals surface area contributed by atoms with Crippen molar-refractivity contribution in [1.82, 2.24) is 9.78 Å². The van der Waals surface area contributed by atoms with E-state index in [4.69, 9.17) is 12.2 Å². The van der Waals surface area contributed by atoms with Crippen LogP contribution in [0.1, 0.15) is 42.9 Å². The summed E-state index contributed by atoms with van der Waals surface area (Å²) in [4.78, 5) is 0. The molecule has 0 unspecified atom stereocenters. The smallest absolute Gasteiger partial charge is 0.122 e. The minimum absolute atomic E-state index is 0.698. The van der Waals surface area contributed by atoms with Crippen molar-refractivity contribution in [3.8, 4) is 0 Å². The van der Waals surface area contributed by atoms with E-state index in [0.29, 0.717) is 5.92 Å². The van der Waals surface area contributed by atoms with Gasteiger partial charge in [-0.25, -0.2) is 0 Å². The van der Waals surface area contributed by atoms with Crippen LogP contribution in [0.5, 0.6) is 0 Å². The number of nitrogens with zero attached hydrogens (tertiary/aromatic N) is 1. The fourth-order valence-corrected chi connectivity index (χ4v) is 3.02. The van der Waals surface area contributed by atoms with Gasteiger partial charge in [0.2, 0.25) is 0 Å². The molecule has 1 heterocycles. The number of nitrogens with one attached hydrogen (secondary N) is 1. The second-order valence-corrected chi connectivity index (χ2v) is 5.52. The van der Waals surface area contributed by atoms with Gasteiger partial charge in [-0.1, -0.05) is 55.4 Å². The summed E-state index contributed by atoms with van der Waals surface area (Å²) < 4.78 is 3.00. The van der Waals surface area contributed by atoms with Crippen molar-refractivity contribution in [1.29, 1.82) is 0 Å². The first kappa shape index (κ1) is 11.7. The van der Waals surface area contributed by atoms with Crippen molar-refractivity contribution in [3.63, 3.8) is 0 Å². The lowest BCUT2D eigenvalue weighted by Crippen LogP contribution is -2.03. The van der Waals surface area contributed by atoms with Gasteiger partial charge < -0.3 is 5.10 Å². The molecule has 0 radical (unpaired) electrons. The van der Waals surface area contributed by atoms with Crippen molar-refractivity contribution in [2.45, 2.75) is 38.1 Å². The molecule has 1 N–H and O–H groups in total. The maximum Gasteiger partial charge on any atom is 0.122 e. The van der Waals surface area contributed by atoms with Gasteiger partial charge in [-0.05, 0) is 24.5 Å². The highest BCUT2D eigenvalue weighted by Crippen LogP contribution is 2.33. The second-order valence-electron chi connectivity index (χ2n) is 5.10. The number of hydrogen-bond acceptors (Lipinski definition) is 1. The highest BCUT2D eigenvalue weighted by molar-refractivity contribution is 7.71. The first-order chi connectivity index (χ1) is 8.83. The Kier molecular flexibility index (Phi) is 3.33. The van der Waals surface area contributed by atoms with Crippen molar-refractivity contribution in [2.75, 3.05) is 0 Å². The summed E-state index contributed by atoms with van der Waals surface area (Å²) in [6.45, 7) is 0.840. The minimum Gasteiger partial charge on any atom is -0.301 e. The Morgan fingerprint density at radius 1 is 1.17 bits per heavy atom. The zero-order valence-corrected chi connectivity index (χ0v) is 11.2. The standard InChI is InChI=1S/C15H18N2S/c18-15-10-14(13-8-4-5-9-13)16-17(15)11-12-6-2-1-3-7-12/h1-3,6-7,10,13,16H,4-5,8-9,11H2. The lowest BCUT2D eigenvalue weighted by Gasteiger charge is -2.07. The quantitative estimate of drug-likeness (QED) is 0.816. The minimum atomic E-state index is 0.698. The SMILES string of the molecule is S=c1cc(C2CCCC2)[nH]n1Cc1ccccc1. The molecule has 3 rings (SSSR count). The van der Waals surface area contributed by atoms with Crippen LogP contribution in [-0.4, -0.2) is 9.78 Å². The van der Waals surface area contributed by atoms with Gasteiger partial charge in [0.25, 0.3) is 0 Å². The maximum absolute atomic E-state index is 5.44. The molecule has 0 bridgehead atoms. The fraction of sp³-hybridized carbons (Fsp3) is 0.400. The molecule has 0 saturated heterocycles. The van der Waals surface area contributed by atoms with E-state index >= 15 is 0 Å². The Balaban J connectivity index is 1.82. The Morgan fingerprint density at radius 2 is 1.89 bits per heavy atom. The van der Waals surface area contributed by atoms with E-state index in [-0.39, 0.29) is 0 Å². The average Bonchev–Trinajstić information content (AvgIpc) is 3.01. The van der Waals surface area contributed by atoms with Crippen LogP contribution in [0, 0.1) is 4.64 Å². The summed E-state index contributed by atoms with van der Waals surface area (Å²) in [6.07, 6.45) is 5.32. The molecule has 1 aromatic heterocycles. The molecular formula is C15H18N2S. The van der Waals surface area contributed by atoms with E-state index < -0.39 is 0 Å². The number of rotatable bonds is 3. The van der Waals surface area contributed by atoms with E-state index in [1.165, 1.54) is 36.9 Å². The summed E-state index contributed by atoms with van der Waals surface area (Å²) in [6, 6.07) is 12.6. The molecule has 0 atom stereocenters. The fourth-order valence-electron chi connectivity index (χ4n) is 2.78. The van der Waals surface area contributed by atoms with Crippen molar-refractivity contribution >= 4 is 12.2 Å². The number of H-pyrrole nitrogens is 1. The molecule has 2 aromatic rings. The molecule has 18 heavy (non-hydrogen) atoms. The first-order valence-electron chi connectivity index (χ1n) is 6.66. The lowest BCUT2D eigenvalue weighted by molar-refractivity contribution is 0.625. The molecule has 2 nitrogen and oxygen atoms in total. The summed E-state index contributed by atoms with van der Waals surface area (Å²) in [5.74, 6) is 0.698. The van der Waals surface area contributed by atoms with Crippen LogP contribution in [0.4, 0.5) is 0 Å². The van der Waals surface area contributed by atoms with Crippen LogP contribution in [0.2, 0.25) is 0 Å². The van der Waals surface area contributed by atoms with Crippen LogP contribution in [0.3, 0.4) is 0 Å². The second kappa shape index (κ2) is 5.11. The molecule has 1 aliphatic carbocycles. The predicted octanol–water partition coefficient (Wildman–Crippen LogP) is 4.25. The maximum atomic E-state index is 5.44. The van der Waals surface area contributed by atoms with Gasteiger partial charge in [-0.2, -0.15) is 0 Å². The molecule has 94 valence electrons. The Morgan fingerprint density at radius 3 is 2.61 bits per heavy atom. The molecular weight excluding hydrogens is 240 g/mol. The molecule has 0 aliphatic heterocycles. The third-order valence-corrected chi connectivity index (χ3v) is 4.13. The van der Waals surface area contributed by atoms with Crippen LogP contribution in [0.15, 0.2) is 36.4 Å². The lowest BCUT2D eigenvalue weighted by atomic mass is 10.1. The van der Waals surface area contributed by atoms with Crippen molar-refractivity contribution in [2.24, 2.45) is 0 Å². The topological polar surface area (TPSA) is 20.7 Å². The van der Waals surface area contributed by atoms with Gasteiger partial charge in [0.15, 0.2) is 0 Å². The summed E-state index contributed by atoms with van der Waals surface area (Å²) in [7, 11) is 0. The van der Waals surface area contributed by atoms with E-state index in [9.17, 15) is 0 Å². The number of hydrogen-bond donors (Lipinski definition) is 1. The number of benzene rings is 1. The van der Waals surface area contributed by atoms with Gasteiger partial charge in [0.1, 0.15) is 4.64 Å². The van der Waals surface area contributed by atoms with Crippen LogP contribution in [0.25, 0.3) is 0 Å². The largest absolute Gasteiger partial charge is 0.301 e. The van der Waals surface area contributed by atoms with Crippen molar-refractivity contribution < 1.29 is 0 Å². The molecule has 0 amide bonds. The zero-order valence-electron chi connectivity index (χ0n) is 10.4. The predicted molar refractivity (Wildman–Crippen MR) is 76.4 cm³/mol. The van der Waals surface area contributed by atoms with Crippen LogP contribution >= 0.6 is 12.2 Å². The summed E-state index contributed by atoms with van der Waals surface area (Å²) in [5.41, 5.74) is 2.61. The third-order valence-electron chi connectivity index (χ3n) is 3.79. The van der Waals surface area contributed by atoms with E-state index in [0.717, 1.165) is 11.2 Å². The molecule has 1 aliphatic rings. The van der Waals surface area contributed by atoms with E-state index in [2.05, 4.69) is 40.1 Å². The van der Waals surface area contributed by atoms with Gasteiger partial charge in [0.05, 0.1) is 6.54 Å². The Bertz CT molecular complexity index is 562. The molecule has 1 saturated carbocycles. The third kappa shape index (κ3) is 2.41. The molecule has 1 aromatic carbocycles.